The van der Waals surface area contributed by atoms with Crippen LogP contribution in [0.15, 0.2) is 18.2 Å². The van der Waals surface area contributed by atoms with Crippen LogP contribution >= 0.6 is 12.2 Å². The number of nitrogens with zero attached hydrogens (tertiary/aromatic N) is 1. The number of hydrogen-bond acceptors (Lipinski definition) is 4. The van der Waals surface area contributed by atoms with Gasteiger partial charge in [-0.15, -0.1) is 0 Å². The normalized spacial score (nSPS) is 17.4. The van der Waals surface area contributed by atoms with Crippen molar-refractivity contribution in [2.75, 3.05) is 31.6 Å². The van der Waals surface area contributed by atoms with Gasteiger partial charge in [0, 0.05) is 24.8 Å². The van der Waals surface area contributed by atoms with E-state index in [-0.39, 0.29) is 5.97 Å². The lowest BCUT2D eigenvalue weighted by molar-refractivity contribution is 0.0525. The van der Waals surface area contributed by atoms with Crippen LogP contribution in [0.1, 0.15) is 61.9 Å². The quantitative estimate of drug-likeness (QED) is 0.395. The Morgan fingerprint density at radius 1 is 1.33 bits per heavy atom. The summed E-state index contributed by atoms with van der Waals surface area (Å²) in [5, 5.41) is 7.07. The number of hydrogen-bond donors (Lipinski definition) is 2. The standard InChI is InChI=1S/C21H33N3O2S/c1-4-17-10-6-7-14-24(17)15-9-13-22-21(27)23-19-12-8-11-18(16(19)3)20(25)26-5-2/h8,11-12,17H,4-7,9-10,13-15H2,1-3H3,(H2,22,23,27)/t17-/m0/s1. The van der Waals surface area contributed by atoms with E-state index in [1.165, 1.54) is 32.2 Å². The summed E-state index contributed by atoms with van der Waals surface area (Å²) in [6.45, 7) is 9.54. The molecule has 0 unspecified atom stereocenters. The fraction of sp³-hybridized carbons (Fsp3) is 0.619. The van der Waals surface area contributed by atoms with Crippen LogP contribution in [0.3, 0.4) is 0 Å². The van der Waals surface area contributed by atoms with Crippen LogP contribution < -0.4 is 10.6 Å². The van der Waals surface area contributed by atoms with Gasteiger partial charge in [0.2, 0.25) is 0 Å². The predicted octanol–water partition coefficient (Wildman–Crippen LogP) is 4.11. The highest BCUT2D eigenvalue weighted by atomic mass is 32.1. The van der Waals surface area contributed by atoms with Gasteiger partial charge in [-0.1, -0.05) is 19.4 Å². The molecule has 1 aliphatic heterocycles. The fourth-order valence-corrected chi connectivity index (χ4v) is 3.88. The first kappa shape index (κ1) is 21.6. The van der Waals surface area contributed by atoms with Gasteiger partial charge < -0.3 is 20.3 Å². The first-order chi connectivity index (χ1) is 13.1. The Hall–Kier alpha value is -1.66. The number of rotatable bonds is 8. The number of ether oxygens (including phenoxy) is 1. The lowest BCUT2D eigenvalue weighted by Crippen LogP contribution is -2.41. The second-order valence-corrected chi connectivity index (χ2v) is 7.44. The fourth-order valence-electron chi connectivity index (χ4n) is 3.67. The van der Waals surface area contributed by atoms with Gasteiger partial charge in [-0.05, 0) is 76.0 Å². The minimum Gasteiger partial charge on any atom is -0.462 e. The predicted molar refractivity (Wildman–Crippen MR) is 115 cm³/mol. The second kappa shape index (κ2) is 11.2. The molecule has 2 N–H and O–H groups in total. The highest BCUT2D eigenvalue weighted by molar-refractivity contribution is 7.80. The molecule has 5 nitrogen and oxygen atoms in total. The highest BCUT2D eigenvalue weighted by Gasteiger charge is 2.19. The van der Waals surface area contributed by atoms with E-state index < -0.39 is 0 Å². The Labute approximate surface area is 168 Å². The zero-order valence-electron chi connectivity index (χ0n) is 16.8. The average Bonchev–Trinajstić information content (AvgIpc) is 2.67. The summed E-state index contributed by atoms with van der Waals surface area (Å²) in [5.41, 5.74) is 2.25. The largest absolute Gasteiger partial charge is 0.462 e. The van der Waals surface area contributed by atoms with Gasteiger partial charge >= 0.3 is 5.97 Å². The topological polar surface area (TPSA) is 53.6 Å². The summed E-state index contributed by atoms with van der Waals surface area (Å²) in [7, 11) is 0. The third kappa shape index (κ3) is 6.47. The van der Waals surface area contributed by atoms with E-state index in [1.54, 1.807) is 13.0 Å². The lowest BCUT2D eigenvalue weighted by atomic mass is 10.00. The van der Waals surface area contributed by atoms with Crippen molar-refractivity contribution in [1.82, 2.24) is 10.2 Å². The Bertz CT molecular complexity index is 636. The lowest BCUT2D eigenvalue weighted by Gasteiger charge is -2.35. The molecule has 0 saturated carbocycles. The zero-order valence-corrected chi connectivity index (χ0v) is 17.7. The molecule has 0 aromatic heterocycles. The molecule has 2 rings (SSSR count). The van der Waals surface area contributed by atoms with E-state index in [1.807, 2.05) is 19.1 Å². The second-order valence-electron chi connectivity index (χ2n) is 7.03. The summed E-state index contributed by atoms with van der Waals surface area (Å²) in [4.78, 5) is 14.6. The molecule has 150 valence electrons. The molecule has 0 bridgehead atoms. The number of carbonyl (C=O) groups is 1. The maximum Gasteiger partial charge on any atom is 0.338 e. The van der Waals surface area contributed by atoms with Crippen LogP contribution in [0.4, 0.5) is 5.69 Å². The minimum atomic E-state index is -0.301. The molecular weight excluding hydrogens is 358 g/mol. The molecule has 1 aliphatic rings. The zero-order chi connectivity index (χ0) is 19.6. The Balaban J connectivity index is 1.79. The van der Waals surface area contributed by atoms with Gasteiger partial charge in [-0.25, -0.2) is 4.79 Å². The first-order valence-electron chi connectivity index (χ1n) is 10.1. The van der Waals surface area contributed by atoms with Crippen LogP contribution in [0.25, 0.3) is 0 Å². The van der Waals surface area contributed by atoms with E-state index in [0.717, 1.165) is 36.8 Å². The number of piperidine rings is 1. The first-order valence-corrected chi connectivity index (χ1v) is 10.5. The van der Waals surface area contributed by atoms with Gasteiger partial charge in [0.15, 0.2) is 5.11 Å². The molecule has 0 spiro atoms. The Morgan fingerprint density at radius 2 is 2.15 bits per heavy atom. The smallest absolute Gasteiger partial charge is 0.338 e. The maximum absolute atomic E-state index is 12.0. The third-order valence-electron chi connectivity index (χ3n) is 5.21. The summed E-state index contributed by atoms with van der Waals surface area (Å²) in [6, 6.07) is 6.28. The van der Waals surface area contributed by atoms with Gasteiger partial charge in [-0.3, -0.25) is 0 Å². The van der Waals surface area contributed by atoms with Crippen molar-refractivity contribution in [2.45, 2.75) is 58.9 Å². The molecule has 0 amide bonds. The molecule has 1 aromatic carbocycles. The summed E-state index contributed by atoms with van der Waals surface area (Å²) in [5.74, 6) is -0.301. The molecule has 0 aliphatic carbocycles. The number of carbonyl (C=O) groups excluding carboxylic acids is 1. The van der Waals surface area contributed by atoms with Crippen molar-refractivity contribution < 1.29 is 9.53 Å². The van der Waals surface area contributed by atoms with Crippen LogP contribution in [0, 0.1) is 6.92 Å². The van der Waals surface area contributed by atoms with Crippen molar-refractivity contribution in [3.63, 3.8) is 0 Å². The van der Waals surface area contributed by atoms with Crippen molar-refractivity contribution in [1.29, 1.82) is 0 Å². The number of thiocarbonyl (C=S) groups is 1. The van der Waals surface area contributed by atoms with E-state index in [9.17, 15) is 4.79 Å². The summed E-state index contributed by atoms with van der Waals surface area (Å²) < 4.78 is 5.10. The number of benzene rings is 1. The number of anilines is 1. The third-order valence-corrected chi connectivity index (χ3v) is 5.45. The molecule has 1 fully saturated rings. The maximum atomic E-state index is 12.0. The summed E-state index contributed by atoms with van der Waals surface area (Å²) in [6.07, 6.45) is 6.33. The number of nitrogens with one attached hydrogen (secondary N) is 2. The number of esters is 1. The number of likely N-dealkylation sites (tertiary alicyclic amines) is 1. The van der Waals surface area contributed by atoms with E-state index in [2.05, 4.69) is 22.5 Å². The molecule has 6 heteroatoms. The highest BCUT2D eigenvalue weighted by Crippen LogP contribution is 2.20. The van der Waals surface area contributed by atoms with E-state index in [0.29, 0.717) is 17.3 Å². The van der Waals surface area contributed by atoms with Crippen molar-refractivity contribution >= 4 is 29.0 Å². The molecule has 1 aromatic rings. The minimum absolute atomic E-state index is 0.301. The van der Waals surface area contributed by atoms with E-state index >= 15 is 0 Å². The Kier molecular flexibility index (Phi) is 9.01. The van der Waals surface area contributed by atoms with Crippen molar-refractivity contribution in [3.05, 3.63) is 29.3 Å². The van der Waals surface area contributed by atoms with Crippen LogP contribution in [0.5, 0.6) is 0 Å². The average molecular weight is 392 g/mol. The molecule has 1 saturated heterocycles. The van der Waals surface area contributed by atoms with E-state index in [4.69, 9.17) is 17.0 Å². The monoisotopic (exact) mass is 391 g/mol. The summed E-state index contributed by atoms with van der Waals surface area (Å²) >= 11 is 5.42. The molecule has 1 atom stereocenters. The van der Waals surface area contributed by atoms with Gasteiger partial charge in [-0.2, -0.15) is 0 Å². The van der Waals surface area contributed by atoms with Crippen LogP contribution in [-0.2, 0) is 4.74 Å². The van der Waals surface area contributed by atoms with Crippen molar-refractivity contribution in [2.24, 2.45) is 0 Å². The van der Waals surface area contributed by atoms with Crippen LogP contribution in [-0.4, -0.2) is 48.3 Å². The molecule has 0 radical (unpaired) electrons. The Morgan fingerprint density at radius 3 is 2.89 bits per heavy atom. The van der Waals surface area contributed by atoms with Gasteiger partial charge in [0.05, 0.1) is 12.2 Å². The SMILES string of the molecule is CCOC(=O)c1cccc(NC(=S)NCCCN2CCCC[C@@H]2CC)c1C. The molecular formula is C21H33N3O2S. The van der Waals surface area contributed by atoms with Crippen molar-refractivity contribution in [3.8, 4) is 0 Å². The molecule has 1 heterocycles. The van der Waals surface area contributed by atoms with Gasteiger partial charge in [0.1, 0.15) is 0 Å². The van der Waals surface area contributed by atoms with Crippen LogP contribution in [0.2, 0.25) is 0 Å². The molecule has 27 heavy (non-hydrogen) atoms. The van der Waals surface area contributed by atoms with Gasteiger partial charge in [0.25, 0.3) is 0 Å².